The molecule has 0 aliphatic heterocycles. The van der Waals surface area contributed by atoms with Gasteiger partial charge in [0.15, 0.2) is 0 Å². The number of benzene rings is 1. The van der Waals surface area contributed by atoms with E-state index in [0.717, 1.165) is 23.8 Å². The van der Waals surface area contributed by atoms with Crippen LogP contribution >= 0.6 is 0 Å². The number of nitrogens with two attached hydrogens (primary N) is 1. The lowest BCUT2D eigenvalue weighted by molar-refractivity contribution is 0.268. The summed E-state index contributed by atoms with van der Waals surface area (Å²) in [6.45, 7) is 2.05. The highest BCUT2D eigenvalue weighted by molar-refractivity contribution is 5.90. The minimum atomic E-state index is -0.0602. The molecule has 0 spiro atoms. The summed E-state index contributed by atoms with van der Waals surface area (Å²) in [4.78, 5) is 8.39. The first-order valence-corrected chi connectivity index (χ1v) is 6.72. The van der Waals surface area contributed by atoms with Crippen molar-refractivity contribution in [3.05, 3.63) is 23.8 Å². The molecule has 2 rings (SSSR count). The first-order valence-electron chi connectivity index (χ1n) is 6.72. The van der Waals surface area contributed by atoms with Crippen LogP contribution in [0, 0.1) is 0 Å². The molecular formula is C14H20N4O2. The van der Waals surface area contributed by atoms with Gasteiger partial charge >= 0.3 is 0 Å². The van der Waals surface area contributed by atoms with Crippen molar-refractivity contribution in [3.8, 4) is 0 Å². The number of hydrogen-bond donors (Lipinski definition) is 4. The van der Waals surface area contributed by atoms with E-state index in [2.05, 4.69) is 22.2 Å². The van der Waals surface area contributed by atoms with Crippen molar-refractivity contribution in [1.82, 2.24) is 9.97 Å². The topological polar surface area (TPSA) is 104 Å². The van der Waals surface area contributed by atoms with E-state index in [0.29, 0.717) is 11.3 Å². The number of aromatic nitrogens is 2. The van der Waals surface area contributed by atoms with Gasteiger partial charge in [-0.2, -0.15) is 4.98 Å². The van der Waals surface area contributed by atoms with Crippen molar-refractivity contribution in [2.75, 3.05) is 17.7 Å². The Hall–Kier alpha value is -1.92. The average Bonchev–Trinajstić information content (AvgIpc) is 2.45. The highest BCUT2D eigenvalue weighted by Gasteiger charge is 2.11. The fourth-order valence-electron chi connectivity index (χ4n) is 2.15. The number of nitrogens with zero attached hydrogens (tertiary/aromatic N) is 2. The van der Waals surface area contributed by atoms with Crippen LogP contribution in [-0.2, 0) is 6.61 Å². The molecule has 1 aromatic heterocycles. The minimum Gasteiger partial charge on any atom is -0.394 e. The van der Waals surface area contributed by atoms with Crippen LogP contribution in [0.5, 0.6) is 0 Å². The third-order valence-corrected chi connectivity index (χ3v) is 3.16. The van der Waals surface area contributed by atoms with Gasteiger partial charge in [-0.1, -0.05) is 19.4 Å². The Morgan fingerprint density at radius 2 is 2.10 bits per heavy atom. The molecule has 0 bridgehead atoms. The molecule has 20 heavy (non-hydrogen) atoms. The quantitative estimate of drug-likeness (QED) is 0.633. The zero-order chi connectivity index (χ0) is 14.5. The van der Waals surface area contributed by atoms with E-state index < -0.39 is 0 Å². The SMILES string of the molecule is CCCC(CO)Nc1nc(N)nc2cc(CO)ccc12. The fourth-order valence-corrected chi connectivity index (χ4v) is 2.15. The molecule has 1 heterocycles. The molecule has 0 amide bonds. The van der Waals surface area contributed by atoms with Crippen LogP contribution in [0.1, 0.15) is 25.3 Å². The second kappa shape index (κ2) is 6.49. The van der Waals surface area contributed by atoms with Gasteiger partial charge in [0.2, 0.25) is 5.95 Å². The molecule has 1 aromatic carbocycles. The largest absolute Gasteiger partial charge is 0.394 e. The number of fused-ring (bicyclic) bond motifs is 1. The van der Waals surface area contributed by atoms with Crippen molar-refractivity contribution < 1.29 is 10.2 Å². The van der Waals surface area contributed by atoms with Crippen molar-refractivity contribution >= 4 is 22.7 Å². The van der Waals surface area contributed by atoms with E-state index in [9.17, 15) is 5.11 Å². The van der Waals surface area contributed by atoms with Gasteiger partial charge < -0.3 is 21.3 Å². The molecule has 0 fully saturated rings. The molecule has 1 atom stereocenters. The average molecular weight is 276 g/mol. The lowest BCUT2D eigenvalue weighted by Crippen LogP contribution is -2.24. The number of nitrogen functional groups attached to an aromatic ring is 1. The van der Waals surface area contributed by atoms with Crippen molar-refractivity contribution in [2.45, 2.75) is 32.4 Å². The number of aliphatic hydroxyl groups excluding tert-OH is 2. The monoisotopic (exact) mass is 276 g/mol. The Morgan fingerprint density at radius 3 is 2.75 bits per heavy atom. The van der Waals surface area contributed by atoms with E-state index in [1.807, 2.05) is 12.1 Å². The third kappa shape index (κ3) is 3.15. The molecule has 0 aliphatic rings. The third-order valence-electron chi connectivity index (χ3n) is 3.16. The Balaban J connectivity index is 2.41. The predicted molar refractivity (Wildman–Crippen MR) is 79.3 cm³/mol. The molecular weight excluding hydrogens is 256 g/mol. The van der Waals surface area contributed by atoms with Gasteiger partial charge in [0.25, 0.3) is 0 Å². The molecule has 0 radical (unpaired) electrons. The standard InChI is InChI=1S/C14H20N4O2/c1-2-3-10(8-20)16-13-11-5-4-9(7-19)6-12(11)17-14(15)18-13/h4-6,10,19-20H,2-3,7-8H2,1H3,(H3,15,16,17,18). The van der Waals surface area contributed by atoms with Crippen molar-refractivity contribution in [3.63, 3.8) is 0 Å². The Kier molecular flexibility index (Phi) is 4.70. The van der Waals surface area contributed by atoms with E-state index in [1.165, 1.54) is 0 Å². The molecule has 1 unspecified atom stereocenters. The summed E-state index contributed by atoms with van der Waals surface area (Å²) in [5.74, 6) is 0.785. The van der Waals surface area contributed by atoms with Crippen LogP contribution in [0.3, 0.4) is 0 Å². The van der Waals surface area contributed by atoms with Gasteiger partial charge in [-0.15, -0.1) is 0 Å². The van der Waals surface area contributed by atoms with Crippen LogP contribution in [0.4, 0.5) is 11.8 Å². The van der Waals surface area contributed by atoms with Gasteiger partial charge in [0.05, 0.1) is 24.8 Å². The van der Waals surface area contributed by atoms with E-state index >= 15 is 0 Å². The summed E-state index contributed by atoms with van der Waals surface area (Å²) in [7, 11) is 0. The van der Waals surface area contributed by atoms with Crippen molar-refractivity contribution in [1.29, 1.82) is 0 Å². The summed E-state index contributed by atoms with van der Waals surface area (Å²) in [5.41, 5.74) is 7.17. The van der Waals surface area contributed by atoms with E-state index in [1.54, 1.807) is 6.07 Å². The number of nitrogens with one attached hydrogen (secondary N) is 1. The van der Waals surface area contributed by atoms with Crippen molar-refractivity contribution in [2.24, 2.45) is 0 Å². The number of aliphatic hydroxyl groups is 2. The molecule has 6 heteroatoms. The molecule has 0 saturated carbocycles. The highest BCUT2D eigenvalue weighted by atomic mass is 16.3. The lowest BCUT2D eigenvalue weighted by atomic mass is 10.1. The molecule has 108 valence electrons. The number of rotatable bonds is 6. The Bertz CT molecular complexity index is 589. The van der Waals surface area contributed by atoms with Crippen LogP contribution in [0.15, 0.2) is 18.2 Å². The highest BCUT2D eigenvalue weighted by Crippen LogP contribution is 2.23. The lowest BCUT2D eigenvalue weighted by Gasteiger charge is -2.17. The van der Waals surface area contributed by atoms with Gasteiger partial charge in [0.1, 0.15) is 5.82 Å². The zero-order valence-electron chi connectivity index (χ0n) is 11.5. The maximum absolute atomic E-state index is 9.37. The summed E-state index contributed by atoms with van der Waals surface area (Å²) in [6, 6.07) is 5.39. The Labute approximate surface area is 117 Å². The predicted octanol–water partition coefficient (Wildman–Crippen LogP) is 1.28. The van der Waals surface area contributed by atoms with E-state index in [4.69, 9.17) is 10.8 Å². The van der Waals surface area contributed by atoms with Crippen LogP contribution < -0.4 is 11.1 Å². The summed E-state index contributed by atoms with van der Waals surface area (Å²) >= 11 is 0. The second-order valence-corrected chi connectivity index (χ2v) is 4.75. The zero-order valence-corrected chi connectivity index (χ0v) is 11.5. The van der Waals surface area contributed by atoms with Gasteiger partial charge in [-0.25, -0.2) is 4.98 Å². The number of hydrogen-bond acceptors (Lipinski definition) is 6. The molecule has 0 saturated heterocycles. The second-order valence-electron chi connectivity index (χ2n) is 4.75. The Morgan fingerprint density at radius 1 is 1.30 bits per heavy atom. The molecule has 6 nitrogen and oxygen atoms in total. The first-order chi connectivity index (χ1) is 9.67. The number of anilines is 2. The first kappa shape index (κ1) is 14.5. The fraction of sp³-hybridized carbons (Fsp3) is 0.429. The minimum absolute atomic E-state index is 0.0357. The summed E-state index contributed by atoms with van der Waals surface area (Å²) < 4.78 is 0. The normalized spacial score (nSPS) is 12.6. The van der Waals surface area contributed by atoms with Crippen LogP contribution in [-0.4, -0.2) is 32.8 Å². The maximum Gasteiger partial charge on any atom is 0.222 e. The molecule has 2 aromatic rings. The maximum atomic E-state index is 9.37. The van der Waals surface area contributed by atoms with Crippen LogP contribution in [0.2, 0.25) is 0 Å². The van der Waals surface area contributed by atoms with E-state index in [-0.39, 0.29) is 25.2 Å². The van der Waals surface area contributed by atoms with Crippen LogP contribution in [0.25, 0.3) is 10.9 Å². The summed E-state index contributed by atoms with van der Waals surface area (Å²) in [6.07, 6.45) is 1.81. The van der Waals surface area contributed by atoms with Gasteiger partial charge in [0, 0.05) is 5.39 Å². The van der Waals surface area contributed by atoms with Gasteiger partial charge in [-0.3, -0.25) is 0 Å². The van der Waals surface area contributed by atoms with Gasteiger partial charge in [-0.05, 0) is 24.1 Å². The molecule has 5 N–H and O–H groups in total. The smallest absolute Gasteiger partial charge is 0.222 e. The summed E-state index contributed by atoms with van der Waals surface area (Å²) in [5, 5.41) is 22.6. The molecule has 0 aliphatic carbocycles.